The van der Waals surface area contributed by atoms with E-state index in [1.165, 1.54) is 5.56 Å². The van der Waals surface area contributed by atoms with Gasteiger partial charge in [-0.05, 0) is 36.9 Å². The number of piperidine rings is 1. The van der Waals surface area contributed by atoms with Crippen molar-refractivity contribution in [3.63, 3.8) is 0 Å². The molecule has 0 bridgehead atoms. The summed E-state index contributed by atoms with van der Waals surface area (Å²) in [6, 6.07) is 7.82. The van der Waals surface area contributed by atoms with Crippen LogP contribution in [0.4, 0.5) is 0 Å². The van der Waals surface area contributed by atoms with Crippen LogP contribution in [0.5, 0.6) is 0 Å². The van der Waals surface area contributed by atoms with Gasteiger partial charge in [0.2, 0.25) is 5.91 Å². The van der Waals surface area contributed by atoms with Crippen molar-refractivity contribution in [3.8, 4) is 0 Å². The van der Waals surface area contributed by atoms with E-state index in [1.807, 2.05) is 23.1 Å². The lowest BCUT2D eigenvalue weighted by Crippen LogP contribution is -2.50. The minimum atomic E-state index is -0.562. The molecule has 0 radical (unpaired) electrons. The number of hydrogen-bond donors (Lipinski definition) is 2. The number of nitrogens with two attached hydrogens (primary N) is 1. The van der Waals surface area contributed by atoms with Crippen molar-refractivity contribution in [1.29, 1.82) is 0 Å². The number of nitrogens with zero attached hydrogens (tertiary/aromatic N) is 2. The lowest BCUT2D eigenvalue weighted by atomic mass is 9.72. The fourth-order valence-electron chi connectivity index (χ4n) is 5.07. The third-order valence-corrected chi connectivity index (χ3v) is 6.74. The number of morpholine rings is 1. The number of rotatable bonds is 4. The first-order valence-electron chi connectivity index (χ1n) is 10.2. The minimum absolute atomic E-state index is 0.239. The molecule has 3 aliphatic rings. The van der Waals surface area contributed by atoms with Gasteiger partial charge in [0.15, 0.2) is 0 Å². The monoisotopic (exact) mass is 373 g/mol. The normalized spacial score (nSPS) is 27.7. The summed E-state index contributed by atoms with van der Waals surface area (Å²) in [6.07, 6.45) is 2.51. The number of aliphatic hydroxyl groups is 1. The van der Waals surface area contributed by atoms with Crippen molar-refractivity contribution in [3.05, 3.63) is 35.4 Å². The fraction of sp³-hybridized carbons (Fsp3) is 0.667. The molecule has 1 amide bonds. The first-order valence-corrected chi connectivity index (χ1v) is 10.2. The molecular weight excluding hydrogens is 342 g/mol. The van der Waals surface area contributed by atoms with E-state index in [1.54, 1.807) is 0 Å². The van der Waals surface area contributed by atoms with Crippen LogP contribution in [0.3, 0.4) is 0 Å². The summed E-state index contributed by atoms with van der Waals surface area (Å²) in [6.45, 7) is 5.91. The average Bonchev–Trinajstić information content (AvgIpc) is 2.92. The Kier molecular flexibility index (Phi) is 5.50. The number of fused-ring (bicyclic) bond motifs is 2. The second-order valence-electron chi connectivity index (χ2n) is 8.15. The zero-order valence-electron chi connectivity index (χ0n) is 16.0. The minimum Gasteiger partial charge on any atom is -0.390 e. The second-order valence-corrected chi connectivity index (χ2v) is 8.15. The molecule has 2 aliphatic heterocycles. The summed E-state index contributed by atoms with van der Waals surface area (Å²) < 4.78 is 5.36. The molecule has 2 atom stereocenters. The SMILES string of the molecule is N[C@H]1c2ccccc2C2(CCN(C(=O)CCCN3CCOCC3)CC2)[C@@H]1O. The number of aliphatic hydroxyl groups excluding tert-OH is 1. The number of carbonyl (C=O) groups is 1. The van der Waals surface area contributed by atoms with Crippen molar-refractivity contribution < 1.29 is 14.6 Å². The summed E-state index contributed by atoms with van der Waals surface area (Å²) in [5, 5.41) is 10.9. The van der Waals surface area contributed by atoms with E-state index >= 15 is 0 Å². The van der Waals surface area contributed by atoms with E-state index in [0.717, 1.165) is 57.7 Å². The molecule has 4 rings (SSSR count). The Morgan fingerprint density at radius 2 is 1.89 bits per heavy atom. The van der Waals surface area contributed by atoms with E-state index in [-0.39, 0.29) is 17.4 Å². The van der Waals surface area contributed by atoms with Gasteiger partial charge in [-0.25, -0.2) is 0 Å². The third-order valence-electron chi connectivity index (χ3n) is 6.74. The predicted molar refractivity (Wildman–Crippen MR) is 103 cm³/mol. The van der Waals surface area contributed by atoms with Crippen LogP contribution in [-0.2, 0) is 14.9 Å². The van der Waals surface area contributed by atoms with Gasteiger partial charge < -0.3 is 20.5 Å². The van der Waals surface area contributed by atoms with E-state index in [2.05, 4.69) is 11.0 Å². The maximum atomic E-state index is 12.6. The number of hydrogen-bond acceptors (Lipinski definition) is 5. The molecule has 3 N–H and O–H groups in total. The van der Waals surface area contributed by atoms with Gasteiger partial charge >= 0.3 is 0 Å². The summed E-state index contributed by atoms with van der Waals surface area (Å²) in [5.74, 6) is 0.239. The Morgan fingerprint density at radius 3 is 2.63 bits per heavy atom. The summed E-state index contributed by atoms with van der Waals surface area (Å²) in [4.78, 5) is 17.0. The molecule has 0 saturated carbocycles. The maximum Gasteiger partial charge on any atom is 0.222 e. The molecular formula is C21H31N3O3. The fourth-order valence-corrected chi connectivity index (χ4v) is 5.07. The highest BCUT2D eigenvalue weighted by Gasteiger charge is 2.51. The topological polar surface area (TPSA) is 79.0 Å². The van der Waals surface area contributed by atoms with Gasteiger partial charge in [0.25, 0.3) is 0 Å². The highest BCUT2D eigenvalue weighted by molar-refractivity contribution is 5.76. The molecule has 1 aliphatic carbocycles. The second kappa shape index (κ2) is 7.87. The van der Waals surface area contributed by atoms with E-state index in [0.29, 0.717) is 19.5 Å². The van der Waals surface area contributed by atoms with Crippen molar-refractivity contribution in [1.82, 2.24) is 9.80 Å². The Morgan fingerprint density at radius 1 is 1.19 bits per heavy atom. The van der Waals surface area contributed by atoms with Crippen LogP contribution in [0, 0.1) is 0 Å². The van der Waals surface area contributed by atoms with E-state index in [4.69, 9.17) is 10.5 Å². The zero-order valence-corrected chi connectivity index (χ0v) is 16.0. The number of likely N-dealkylation sites (tertiary alicyclic amines) is 1. The molecule has 27 heavy (non-hydrogen) atoms. The Balaban J connectivity index is 1.31. The van der Waals surface area contributed by atoms with Crippen molar-refractivity contribution in [2.45, 2.75) is 43.2 Å². The molecule has 2 saturated heterocycles. The van der Waals surface area contributed by atoms with Gasteiger partial charge in [-0.15, -0.1) is 0 Å². The first-order chi connectivity index (χ1) is 13.1. The van der Waals surface area contributed by atoms with Gasteiger partial charge in [-0.1, -0.05) is 24.3 Å². The van der Waals surface area contributed by atoms with Crippen LogP contribution in [0.1, 0.15) is 42.9 Å². The van der Waals surface area contributed by atoms with Crippen LogP contribution in [0.2, 0.25) is 0 Å². The van der Waals surface area contributed by atoms with E-state index < -0.39 is 6.10 Å². The first kappa shape index (κ1) is 18.9. The summed E-state index contributed by atoms with van der Waals surface area (Å²) in [5.41, 5.74) is 8.24. The number of ether oxygens (including phenoxy) is 1. The highest BCUT2D eigenvalue weighted by Crippen LogP contribution is 2.50. The molecule has 0 aromatic heterocycles. The largest absolute Gasteiger partial charge is 0.390 e. The molecule has 1 aromatic rings. The standard InChI is InChI=1S/C21H31N3O3/c22-19-16-4-1-2-5-17(16)21(20(19)26)7-10-24(11-8-21)18(25)6-3-9-23-12-14-27-15-13-23/h1-2,4-5,19-20,26H,3,6-15,22H2/t19-,20+/m0/s1. The van der Waals surface area contributed by atoms with Gasteiger partial charge in [0, 0.05) is 38.0 Å². The van der Waals surface area contributed by atoms with E-state index in [9.17, 15) is 9.90 Å². The number of amides is 1. The molecule has 2 fully saturated rings. The van der Waals surface area contributed by atoms with Crippen LogP contribution < -0.4 is 5.73 Å². The average molecular weight is 373 g/mol. The molecule has 6 heteroatoms. The highest BCUT2D eigenvalue weighted by atomic mass is 16.5. The van der Waals surface area contributed by atoms with Crippen LogP contribution >= 0.6 is 0 Å². The predicted octanol–water partition coefficient (Wildman–Crippen LogP) is 1.03. The third kappa shape index (κ3) is 3.51. The Hall–Kier alpha value is -1.47. The summed E-state index contributed by atoms with van der Waals surface area (Å²) >= 11 is 0. The molecule has 2 heterocycles. The Labute approximate surface area is 161 Å². The Bertz CT molecular complexity index is 666. The maximum absolute atomic E-state index is 12.6. The molecule has 0 unspecified atom stereocenters. The van der Waals surface area contributed by atoms with Gasteiger partial charge in [-0.3, -0.25) is 9.69 Å². The van der Waals surface area contributed by atoms with Crippen molar-refractivity contribution in [2.24, 2.45) is 5.73 Å². The van der Waals surface area contributed by atoms with Crippen LogP contribution in [0.25, 0.3) is 0 Å². The quantitative estimate of drug-likeness (QED) is 0.824. The van der Waals surface area contributed by atoms with Gasteiger partial charge in [0.1, 0.15) is 0 Å². The van der Waals surface area contributed by atoms with Crippen LogP contribution in [0.15, 0.2) is 24.3 Å². The smallest absolute Gasteiger partial charge is 0.222 e. The van der Waals surface area contributed by atoms with Gasteiger partial charge in [0.05, 0.1) is 25.4 Å². The van der Waals surface area contributed by atoms with Crippen molar-refractivity contribution >= 4 is 5.91 Å². The lowest BCUT2D eigenvalue weighted by molar-refractivity contribution is -0.133. The molecule has 6 nitrogen and oxygen atoms in total. The number of benzene rings is 1. The van der Waals surface area contributed by atoms with Crippen LogP contribution in [-0.4, -0.2) is 72.9 Å². The number of carbonyl (C=O) groups excluding carboxylic acids is 1. The molecule has 148 valence electrons. The molecule has 1 spiro atoms. The molecule has 1 aromatic carbocycles. The summed E-state index contributed by atoms with van der Waals surface area (Å²) in [7, 11) is 0. The lowest BCUT2D eigenvalue weighted by Gasteiger charge is -2.42. The van der Waals surface area contributed by atoms with Gasteiger partial charge in [-0.2, -0.15) is 0 Å². The zero-order chi connectivity index (χ0) is 18.9. The van der Waals surface area contributed by atoms with Crippen molar-refractivity contribution in [2.75, 3.05) is 45.9 Å².